The van der Waals surface area contributed by atoms with Crippen LogP contribution in [0.3, 0.4) is 0 Å². The molecule has 0 amide bonds. The van der Waals surface area contributed by atoms with Gasteiger partial charge in [-0.05, 0) is 25.7 Å². The molecule has 1 aliphatic rings. The van der Waals surface area contributed by atoms with Crippen LogP contribution in [0.1, 0.15) is 12.0 Å². The normalized spacial score (nSPS) is 14.7. The van der Waals surface area contributed by atoms with Crippen molar-refractivity contribution in [3.8, 4) is 0 Å². The molecule has 0 saturated heterocycles. The monoisotopic (exact) mass is 216 g/mol. The first-order valence-corrected chi connectivity index (χ1v) is 5.38. The summed E-state index contributed by atoms with van der Waals surface area (Å²) in [7, 11) is 4.09. The fourth-order valence-electron chi connectivity index (χ4n) is 1.73. The quantitative estimate of drug-likeness (QED) is 0.835. The lowest BCUT2D eigenvalue weighted by atomic mass is 10.0. The molecule has 0 heterocycles. The van der Waals surface area contributed by atoms with Gasteiger partial charge >= 0.3 is 0 Å². The van der Waals surface area contributed by atoms with Gasteiger partial charge in [-0.3, -0.25) is 4.79 Å². The molecule has 1 N–H and O–H groups in total. The number of hydrogen-bond donors (Lipinski definition) is 1. The Bertz CT molecular complexity index is 435. The van der Waals surface area contributed by atoms with Gasteiger partial charge < -0.3 is 10.2 Å². The number of hydrogen-bond acceptors (Lipinski definition) is 3. The third-order valence-electron chi connectivity index (χ3n) is 2.50. The van der Waals surface area contributed by atoms with Crippen molar-refractivity contribution in [2.45, 2.75) is 13.0 Å². The van der Waals surface area contributed by atoms with Gasteiger partial charge in [0.1, 0.15) is 0 Å². The van der Waals surface area contributed by atoms with Crippen LogP contribution in [0.5, 0.6) is 0 Å². The number of para-hydroxylation sites is 1. The number of carbonyl (C=O) groups is 1. The SMILES string of the molecule is CN(C)Cc1ccccc1NC1=CC(=O)C1. The second-order valence-corrected chi connectivity index (χ2v) is 4.33. The second kappa shape index (κ2) is 4.49. The lowest BCUT2D eigenvalue weighted by Crippen LogP contribution is -2.17. The summed E-state index contributed by atoms with van der Waals surface area (Å²) in [5, 5.41) is 3.30. The van der Waals surface area contributed by atoms with E-state index in [1.807, 2.05) is 32.3 Å². The average molecular weight is 216 g/mol. The molecule has 2 rings (SSSR count). The van der Waals surface area contributed by atoms with Gasteiger partial charge in [0.2, 0.25) is 0 Å². The zero-order chi connectivity index (χ0) is 11.5. The van der Waals surface area contributed by atoms with E-state index in [1.165, 1.54) is 5.56 Å². The van der Waals surface area contributed by atoms with Crippen LogP contribution in [0.25, 0.3) is 0 Å². The minimum atomic E-state index is 0.201. The number of ketones is 1. The van der Waals surface area contributed by atoms with Crippen LogP contribution < -0.4 is 5.32 Å². The molecule has 1 aliphatic carbocycles. The van der Waals surface area contributed by atoms with E-state index in [0.717, 1.165) is 17.9 Å². The highest BCUT2D eigenvalue weighted by molar-refractivity contribution is 5.99. The van der Waals surface area contributed by atoms with E-state index in [9.17, 15) is 4.79 Å². The average Bonchev–Trinajstić information content (AvgIpc) is 2.17. The van der Waals surface area contributed by atoms with Crippen molar-refractivity contribution in [1.82, 2.24) is 4.90 Å². The van der Waals surface area contributed by atoms with E-state index in [-0.39, 0.29) is 5.78 Å². The largest absolute Gasteiger partial charge is 0.358 e. The van der Waals surface area contributed by atoms with Crippen LogP contribution >= 0.6 is 0 Å². The van der Waals surface area contributed by atoms with Crippen molar-refractivity contribution in [1.29, 1.82) is 0 Å². The maximum Gasteiger partial charge on any atom is 0.163 e. The molecule has 0 aliphatic heterocycles. The third kappa shape index (κ3) is 2.49. The lowest BCUT2D eigenvalue weighted by molar-refractivity contribution is -0.115. The summed E-state index contributed by atoms with van der Waals surface area (Å²) in [5.74, 6) is 0.201. The zero-order valence-electron chi connectivity index (χ0n) is 9.66. The third-order valence-corrected chi connectivity index (χ3v) is 2.50. The molecule has 0 saturated carbocycles. The van der Waals surface area contributed by atoms with Crippen molar-refractivity contribution in [3.05, 3.63) is 41.6 Å². The first kappa shape index (κ1) is 10.9. The highest BCUT2D eigenvalue weighted by atomic mass is 16.1. The van der Waals surface area contributed by atoms with Crippen LogP contribution in [0, 0.1) is 0 Å². The summed E-state index contributed by atoms with van der Waals surface area (Å²) in [5.41, 5.74) is 3.35. The number of carbonyl (C=O) groups excluding carboxylic acids is 1. The standard InChI is InChI=1S/C13H16N2O/c1-15(2)9-10-5-3-4-6-13(10)14-11-7-12(16)8-11/h3-7,14H,8-9H2,1-2H3. The molecular formula is C13H16N2O. The smallest absolute Gasteiger partial charge is 0.163 e. The Morgan fingerprint density at radius 3 is 2.62 bits per heavy atom. The number of benzene rings is 1. The molecule has 0 unspecified atom stereocenters. The van der Waals surface area contributed by atoms with Gasteiger partial charge in [-0.2, -0.15) is 0 Å². The number of rotatable bonds is 4. The Balaban J connectivity index is 2.13. The van der Waals surface area contributed by atoms with E-state index in [2.05, 4.69) is 16.3 Å². The highest BCUT2D eigenvalue weighted by Gasteiger charge is 2.15. The molecule has 1 aromatic carbocycles. The molecule has 0 fully saturated rings. The molecule has 0 bridgehead atoms. The van der Waals surface area contributed by atoms with Gasteiger partial charge in [-0.15, -0.1) is 0 Å². The van der Waals surface area contributed by atoms with Gasteiger partial charge in [0.25, 0.3) is 0 Å². The first-order valence-electron chi connectivity index (χ1n) is 5.38. The van der Waals surface area contributed by atoms with Crippen LogP contribution in [0.4, 0.5) is 5.69 Å². The van der Waals surface area contributed by atoms with Gasteiger partial charge in [-0.25, -0.2) is 0 Å². The maximum atomic E-state index is 10.8. The van der Waals surface area contributed by atoms with E-state index < -0.39 is 0 Å². The predicted molar refractivity (Wildman–Crippen MR) is 65.2 cm³/mol. The molecule has 0 aromatic heterocycles. The minimum absolute atomic E-state index is 0.201. The van der Waals surface area contributed by atoms with Crippen molar-refractivity contribution >= 4 is 11.5 Å². The highest BCUT2D eigenvalue weighted by Crippen LogP contribution is 2.22. The molecule has 16 heavy (non-hydrogen) atoms. The van der Waals surface area contributed by atoms with E-state index in [1.54, 1.807) is 6.08 Å². The van der Waals surface area contributed by atoms with E-state index >= 15 is 0 Å². The predicted octanol–water partition coefficient (Wildman–Crippen LogP) is 2.02. The van der Waals surface area contributed by atoms with Gasteiger partial charge in [-0.1, -0.05) is 18.2 Å². The maximum absolute atomic E-state index is 10.8. The molecule has 0 radical (unpaired) electrons. The van der Waals surface area contributed by atoms with Crippen LogP contribution in [-0.2, 0) is 11.3 Å². The van der Waals surface area contributed by atoms with Crippen LogP contribution in [0.2, 0.25) is 0 Å². The summed E-state index contributed by atoms with van der Waals surface area (Å²) in [6.45, 7) is 0.893. The number of nitrogens with zero attached hydrogens (tertiary/aromatic N) is 1. The zero-order valence-corrected chi connectivity index (χ0v) is 9.66. The molecule has 3 nitrogen and oxygen atoms in total. The number of allylic oxidation sites excluding steroid dienone is 2. The summed E-state index contributed by atoms with van der Waals surface area (Å²) in [6, 6.07) is 8.18. The van der Waals surface area contributed by atoms with Crippen LogP contribution in [0.15, 0.2) is 36.0 Å². The molecule has 0 spiro atoms. The van der Waals surface area contributed by atoms with Gasteiger partial charge in [0, 0.05) is 24.0 Å². The topological polar surface area (TPSA) is 32.3 Å². The summed E-state index contributed by atoms with van der Waals surface area (Å²) < 4.78 is 0. The Labute approximate surface area is 95.8 Å². The molecular weight excluding hydrogens is 200 g/mol. The van der Waals surface area contributed by atoms with Crippen molar-refractivity contribution in [3.63, 3.8) is 0 Å². The lowest BCUT2D eigenvalue weighted by Gasteiger charge is -2.19. The second-order valence-electron chi connectivity index (χ2n) is 4.33. The van der Waals surface area contributed by atoms with E-state index in [4.69, 9.17) is 0 Å². The Morgan fingerprint density at radius 2 is 2.00 bits per heavy atom. The molecule has 84 valence electrons. The molecule has 1 aromatic rings. The summed E-state index contributed by atoms with van der Waals surface area (Å²) in [6.07, 6.45) is 2.20. The van der Waals surface area contributed by atoms with E-state index in [0.29, 0.717) is 6.42 Å². The first-order chi connectivity index (χ1) is 7.65. The Hall–Kier alpha value is -1.61. The van der Waals surface area contributed by atoms with Crippen molar-refractivity contribution in [2.24, 2.45) is 0 Å². The Morgan fingerprint density at radius 1 is 1.31 bits per heavy atom. The molecule has 0 atom stereocenters. The minimum Gasteiger partial charge on any atom is -0.358 e. The van der Waals surface area contributed by atoms with Crippen molar-refractivity contribution < 1.29 is 4.79 Å². The Kier molecular flexibility index (Phi) is 3.06. The number of nitrogens with one attached hydrogen (secondary N) is 1. The fraction of sp³-hybridized carbons (Fsp3) is 0.308. The van der Waals surface area contributed by atoms with Crippen LogP contribution in [-0.4, -0.2) is 24.8 Å². The summed E-state index contributed by atoms with van der Waals surface area (Å²) >= 11 is 0. The number of anilines is 1. The molecule has 3 heteroatoms. The van der Waals surface area contributed by atoms with Gasteiger partial charge in [0.05, 0.1) is 6.42 Å². The van der Waals surface area contributed by atoms with Gasteiger partial charge in [0.15, 0.2) is 5.78 Å². The fourth-order valence-corrected chi connectivity index (χ4v) is 1.73. The van der Waals surface area contributed by atoms with Crippen molar-refractivity contribution in [2.75, 3.05) is 19.4 Å². The summed E-state index contributed by atoms with van der Waals surface area (Å²) in [4.78, 5) is 13.0.